The fraction of sp³-hybridized carbons (Fsp3) is 0.136. The van der Waals surface area contributed by atoms with E-state index in [4.69, 9.17) is 0 Å². The number of amides is 1. The standard InChI is InChI=1S/C22H21NOS/c1-2-23(19-14-8-4-9-15-19)22(24)21(18-12-6-3-7-13-18)25-20-16-10-5-11-17-20/h3-17,21H,2H2,1H3/t21-/m0/s1. The van der Waals surface area contributed by atoms with E-state index in [9.17, 15) is 4.79 Å². The van der Waals surface area contributed by atoms with Crippen LogP contribution in [0.2, 0.25) is 0 Å². The molecule has 0 aromatic heterocycles. The van der Waals surface area contributed by atoms with Crippen LogP contribution in [-0.4, -0.2) is 12.5 Å². The van der Waals surface area contributed by atoms with E-state index >= 15 is 0 Å². The SMILES string of the molecule is CCN(C(=O)[C@@H](Sc1ccccc1)c1ccccc1)c1ccccc1. The molecule has 25 heavy (non-hydrogen) atoms. The highest BCUT2D eigenvalue weighted by molar-refractivity contribution is 8.00. The van der Waals surface area contributed by atoms with Crippen LogP contribution in [-0.2, 0) is 4.79 Å². The highest BCUT2D eigenvalue weighted by atomic mass is 32.2. The Morgan fingerprint density at radius 3 is 1.92 bits per heavy atom. The Balaban J connectivity index is 1.94. The summed E-state index contributed by atoms with van der Waals surface area (Å²) in [6.07, 6.45) is 0. The smallest absolute Gasteiger partial charge is 0.244 e. The minimum absolute atomic E-state index is 0.105. The first kappa shape index (κ1) is 17.3. The molecule has 0 fully saturated rings. The number of benzene rings is 3. The molecule has 3 heteroatoms. The highest BCUT2D eigenvalue weighted by Crippen LogP contribution is 2.37. The highest BCUT2D eigenvalue weighted by Gasteiger charge is 2.27. The van der Waals surface area contributed by atoms with Crippen LogP contribution in [0.3, 0.4) is 0 Å². The molecule has 0 spiro atoms. The van der Waals surface area contributed by atoms with E-state index in [0.717, 1.165) is 16.1 Å². The summed E-state index contributed by atoms with van der Waals surface area (Å²) in [6.45, 7) is 2.65. The number of anilines is 1. The van der Waals surface area contributed by atoms with Gasteiger partial charge in [0.1, 0.15) is 5.25 Å². The van der Waals surface area contributed by atoms with Crippen LogP contribution in [0.4, 0.5) is 5.69 Å². The van der Waals surface area contributed by atoms with Crippen molar-refractivity contribution in [3.05, 3.63) is 96.6 Å². The number of carbonyl (C=O) groups excluding carboxylic acids is 1. The van der Waals surface area contributed by atoms with Crippen molar-refractivity contribution in [1.82, 2.24) is 0 Å². The number of carbonyl (C=O) groups is 1. The summed E-state index contributed by atoms with van der Waals surface area (Å²) < 4.78 is 0. The zero-order chi connectivity index (χ0) is 17.5. The molecule has 3 aromatic rings. The molecule has 0 heterocycles. The molecule has 3 rings (SSSR count). The van der Waals surface area contributed by atoms with Crippen molar-refractivity contribution in [1.29, 1.82) is 0 Å². The average molecular weight is 347 g/mol. The maximum atomic E-state index is 13.4. The maximum absolute atomic E-state index is 13.4. The first-order chi connectivity index (χ1) is 12.3. The lowest BCUT2D eigenvalue weighted by Gasteiger charge is -2.26. The van der Waals surface area contributed by atoms with E-state index in [1.165, 1.54) is 0 Å². The van der Waals surface area contributed by atoms with Crippen LogP contribution in [0.5, 0.6) is 0 Å². The molecule has 0 aliphatic carbocycles. The van der Waals surface area contributed by atoms with Gasteiger partial charge in [0.15, 0.2) is 0 Å². The van der Waals surface area contributed by atoms with Gasteiger partial charge in [0, 0.05) is 17.1 Å². The van der Waals surface area contributed by atoms with Crippen LogP contribution >= 0.6 is 11.8 Å². The molecule has 0 N–H and O–H groups in total. The van der Waals surface area contributed by atoms with Crippen molar-refractivity contribution in [2.75, 3.05) is 11.4 Å². The van der Waals surface area contributed by atoms with Gasteiger partial charge in [-0.1, -0.05) is 66.7 Å². The quantitative estimate of drug-likeness (QED) is 0.543. The van der Waals surface area contributed by atoms with E-state index in [2.05, 4.69) is 0 Å². The van der Waals surface area contributed by atoms with Gasteiger partial charge in [0.05, 0.1) is 0 Å². The minimum Gasteiger partial charge on any atom is -0.311 e. The third-order valence-electron chi connectivity index (χ3n) is 3.97. The number of para-hydroxylation sites is 1. The summed E-state index contributed by atoms with van der Waals surface area (Å²) in [5.74, 6) is 0.105. The number of hydrogen-bond donors (Lipinski definition) is 0. The van der Waals surface area contributed by atoms with E-state index in [1.54, 1.807) is 11.8 Å². The molecular formula is C22H21NOS. The summed E-state index contributed by atoms with van der Waals surface area (Å²) in [7, 11) is 0. The Morgan fingerprint density at radius 1 is 0.840 bits per heavy atom. The van der Waals surface area contributed by atoms with Crippen molar-refractivity contribution in [3.8, 4) is 0 Å². The first-order valence-electron chi connectivity index (χ1n) is 8.42. The molecule has 1 amide bonds. The molecule has 0 bridgehead atoms. The summed E-state index contributed by atoms with van der Waals surface area (Å²) in [5, 5.41) is -0.274. The fourth-order valence-electron chi connectivity index (χ4n) is 2.74. The van der Waals surface area contributed by atoms with Gasteiger partial charge < -0.3 is 4.90 Å². The second-order valence-corrected chi connectivity index (χ2v) is 6.82. The molecule has 0 radical (unpaired) electrons. The average Bonchev–Trinajstić information content (AvgIpc) is 2.69. The molecule has 1 atom stereocenters. The Bertz CT molecular complexity index is 790. The van der Waals surface area contributed by atoms with Gasteiger partial charge in [0.2, 0.25) is 5.91 Å². The van der Waals surface area contributed by atoms with E-state index in [-0.39, 0.29) is 11.2 Å². The second kappa shape index (κ2) is 8.54. The predicted molar refractivity (Wildman–Crippen MR) is 106 cm³/mol. The monoisotopic (exact) mass is 347 g/mol. The van der Waals surface area contributed by atoms with Gasteiger partial charge in [-0.2, -0.15) is 0 Å². The van der Waals surface area contributed by atoms with Gasteiger partial charge >= 0.3 is 0 Å². The molecule has 2 nitrogen and oxygen atoms in total. The van der Waals surface area contributed by atoms with Gasteiger partial charge in [-0.3, -0.25) is 4.79 Å². The van der Waals surface area contributed by atoms with Gasteiger partial charge in [0.25, 0.3) is 0 Å². The van der Waals surface area contributed by atoms with Gasteiger partial charge in [-0.15, -0.1) is 11.8 Å². The zero-order valence-electron chi connectivity index (χ0n) is 14.2. The third kappa shape index (κ3) is 4.31. The van der Waals surface area contributed by atoms with E-state index in [0.29, 0.717) is 6.54 Å². The maximum Gasteiger partial charge on any atom is 0.244 e. The molecule has 0 aliphatic rings. The molecule has 0 saturated heterocycles. The topological polar surface area (TPSA) is 20.3 Å². The molecule has 0 saturated carbocycles. The Morgan fingerprint density at radius 2 is 1.36 bits per heavy atom. The minimum atomic E-state index is -0.274. The Labute approximate surface area is 153 Å². The van der Waals surface area contributed by atoms with Crippen LogP contribution < -0.4 is 4.90 Å². The van der Waals surface area contributed by atoms with Crippen molar-refractivity contribution in [2.45, 2.75) is 17.1 Å². The Kier molecular flexibility index (Phi) is 5.91. The number of hydrogen-bond acceptors (Lipinski definition) is 2. The van der Waals surface area contributed by atoms with Gasteiger partial charge in [-0.05, 0) is 36.8 Å². The largest absolute Gasteiger partial charge is 0.311 e. The number of rotatable bonds is 6. The van der Waals surface area contributed by atoms with Crippen LogP contribution in [0, 0.1) is 0 Å². The van der Waals surface area contributed by atoms with Crippen LogP contribution in [0.15, 0.2) is 95.9 Å². The lowest BCUT2D eigenvalue weighted by molar-refractivity contribution is -0.118. The summed E-state index contributed by atoms with van der Waals surface area (Å²) in [4.78, 5) is 16.3. The van der Waals surface area contributed by atoms with Crippen LogP contribution in [0.1, 0.15) is 17.7 Å². The Hall–Kier alpha value is -2.52. The number of nitrogens with zero attached hydrogens (tertiary/aromatic N) is 1. The summed E-state index contributed by atoms with van der Waals surface area (Å²) >= 11 is 1.60. The van der Waals surface area contributed by atoms with Crippen molar-refractivity contribution < 1.29 is 4.79 Å². The third-order valence-corrected chi connectivity index (χ3v) is 5.23. The van der Waals surface area contributed by atoms with Crippen molar-refractivity contribution in [3.63, 3.8) is 0 Å². The number of likely N-dealkylation sites (N-methyl/N-ethyl adjacent to an activating group) is 1. The van der Waals surface area contributed by atoms with Crippen molar-refractivity contribution in [2.24, 2.45) is 0 Å². The summed E-state index contributed by atoms with van der Waals surface area (Å²) in [6, 6.07) is 30.0. The van der Waals surface area contributed by atoms with Crippen LogP contribution in [0.25, 0.3) is 0 Å². The molecule has 3 aromatic carbocycles. The second-order valence-electron chi connectivity index (χ2n) is 5.64. The predicted octanol–water partition coefficient (Wildman–Crippen LogP) is 5.57. The molecular weight excluding hydrogens is 326 g/mol. The normalized spacial score (nSPS) is 11.7. The molecule has 0 aliphatic heterocycles. The van der Waals surface area contributed by atoms with E-state index in [1.807, 2.05) is 103 Å². The molecule has 126 valence electrons. The first-order valence-corrected chi connectivity index (χ1v) is 9.30. The van der Waals surface area contributed by atoms with Gasteiger partial charge in [-0.25, -0.2) is 0 Å². The fourth-order valence-corrected chi connectivity index (χ4v) is 3.85. The lowest BCUT2D eigenvalue weighted by Crippen LogP contribution is -2.34. The summed E-state index contributed by atoms with van der Waals surface area (Å²) in [5.41, 5.74) is 1.96. The lowest BCUT2D eigenvalue weighted by atomic mass is 10.1. The van der Waals surface area contributed by atoms with Crippen molar-refractivity contribution >= 4 is 23.4 Å². The zero-order valence-corrected chi connectivity index (χ0v) is 15.0. The number of thioether (sulfide) groups is 1. The van der Waals surface area contributed by atoms with E-state index < -0.39 is 0 Å². The molecule has 0 unspecified atom stereocenters.